The summed E-state index contributed by atoms with van der Waals surface area (Å²) in [5.41, 5.74) is 0.282. The molecule has 132 valence electrons. The molecule has 0 bridgehead atoms. The first-order chi connectivity index (χ1) is 11.6. The van der Waals surface area contributed by atoms with E-state index in [1.54, 1.807) is 0 Å². The number of aliphatic hydroxyl groups is 1. The molecular formula is C19H28N2O3. The van der Waals surface area contributed by atoms with Crippen LogP contribution in [-0.4, -0.2) is 35.3 Å². The van der Waals surface area contributed by atoms with Gasteiger partial charge in [-0.15, -0.1) is 0 Å². The number of carbonyl (C=O) groups is 1. The van der Waals surface area contributed by atoms with Gasteiger partial charge in [0.05, 0.1) is 11.6 Å². The summed E-state index contributed by atoms with van der Waals surface area (Å²) in [4.78, 5) is 12.5. The van der Waals surface area contributed by atoms with Crippen molar-refractivity contribution in [2.75, 3.05) is 11.9 Å². The summed E-state index contributed by atoms with van der Waals surface area (Å²) in [7, 11) is 0. The highest BCUT2D eigenvalue weighted by Crippen LogP contribution is 2.26. The number of benzene rings is 1. The highest BCUT2D eigenvalue weighted by molar-refractivity contribution is 5.97. The van der Waals surface area contributed by atoms with Crippen molar-refractivity contribution in [3.63, 3.8) is 0 Å². The van der Waals surface area contributed by atoms with Crippen LogP contribution >= 0.6 is 0 Å². The second-order valence-electron chi connectivity index (χ2n) is 7.20. The van der Waals surface area contributed by atoms with E-state index in [4.69, 9.17) is 4.74 Å². The smallest absolute Gasteiger partial charge is 0.244 e. The third kappa shape index (κ3) is 4.08. The second kappa shape index (κ2) is 7.53. The van der Waals surface area contributed by atoms with Crippen molar-refractivity contribution in [3.05, 3.63) is 24.3 Å². The molecule has 1 aliphatic heterocycles. The number of ether oxygens (including phenoxy) is 1. The third-order valence-electron chi connectivity index (χ3n) is 5.19. The molecule has 0 spiro atoms. The highest BCUT2D eigenvalue weighted by Gasteiger charge is 2.34. The number of anilines is 1. The molecule has 5 heteroatoms. The first kappa shape index (κ1) is 17.2. The van der Waals surface area contributed by atoms with Gasteiger partial charge in [-0.1, -0.05) is 6.42 Å². The fraction of sp³-hybridized carbons (Fsp3) is 0.632. The van der Waals surface area contributed by atoms with Crippen LogP contribution in [0.4, 0.5) is 5.69 Å². The molecule has 1 aliphatic carbocycles. The monoisotopic (exact) mass is 332 g/mol. The van der Waals surface area contributed by atoms with Crippen LogP contribution in [0.15, 0.2) is 24.3 Å². The molecule has 2 fully saturated rings. The molecule has 5 nitrogen and oxygen atoms in total. The van der Waals surface area contributed by atoms with E-state index >= 15 is 0 Å². The van der Waals surface area contributed by atoms with Gasteiger partial charge in [0.2, 0.25) is 5.91 Å². The summed E-state index contributed by atoms with van der Waals surface area (Å²) < 4.78 is 5.89. The van der Waals surface area contributed by atoms with Crippen LogP contribution in [0.3, 0.4) is 0 Å². The number of aliphatic hydroxyl groups excluding tert-OH is 1. The molecule has 0 radical (unpaired) electrons. The molecule has 1 heterocycles. The standard InChI is InChI=1S/C19H28N2O3/c1-19(12-4-5-13-20-19)18(23)21-14-8-10-15(11-9-14)24-17-7-3-2-6-16(17)22/h8-11,16-17,20,22H,2-7,12-13H2,1H3,(H,21,23). The summed E-state index contributed by atoms with van der Waals surface area (Å²) in [6.45, 7) is 2.85. The molecule has 3 rings (SSSR count). The number of piperidine rings is 1. The lowest BCUT2D eigenvalue weighted by atomic mass is 9.90. The van der Waals surface area contributed by atoms with Gasteiger partial charge in [-0.05, 0) is 76.3 Å². The Morgan fingerprint density at radius 2 is 1.96 bits per heavy atom. The van der Waals surface area contributed by atoms with Crippen LogP contribution in [0.5, 0.6) is 5.75 Å². The molecule has 1 amide bonds. The first-order valence-electron chi connectivity index (χ1n) is 9.08. The first-order valence-corrected chi connectivity index (χ1v) is 9.08. The normalized spacial score (nSPS) is 30.6. The maximum Gasteiger partial charge on any atom is 0.244 e. The number of carbonyl (C=O) groups excluding carboxylic acids is 1. The topological polar surface area (TPSA) is 70.6 Å². The van der Waals surface area contributed by atoms with E-state index in [1.165, 1.54) is 0 Å². The van der Waals surface area contributed by atoms with Crippen LogP contribution in [0.25, 0.3) is 0 Å². The Morgan fingerprint density at radius 1 is 1.21 bits per heavy atom. The van der Waals surface area contributed by atoms with Crippen molar-refractivity contribution in [2.24, 2.45) is 0 Å². The Balaban J connectivity index is 1.57. The Hall–Kier alpha value is -1.59. The van der Waals surface area contributed by atoms with E-state index in [1.807, 2.05) is 31.2 Å². The lowest BCUT2D eigenvalue weighted by molar-refractivity contribution is -0.122. The molecule has 1 saturated heterocycles. The van der Waals surface area contributed by atoms with Crippen molar-refractivity contribution in [1.29, 1.82) is 0 Å². The molecule has 3 unspecified atom stereocenters. The minimum Gasteiger partial charge on any atom is -0.488 e. The van der Waals surface area contributed by atoms with Crippen molar-refractivity contribution < 1.29 is 14.6 Å². The number of hydrogen-bond donors (Lipinski definition) is 3. The van der Waals surface area contributed by atoms with Crippen LogP contribution in [0.1, 0.15) is 51.9 Å². The van der Waals surface area contributed by atoms with Gasteiger partial charge in [0.15, 0.2) is 0 Å². The van der Waals surface area contributed by atoms with Gasteiger partial charge >= 0.3 is 0 Å². The largest absolute Gasteiger partial charge is 0.488 e. The molecule has 0 aromatic heterocycles. The summed E-state index contributed by atoms with van der Waals surface area (Å²) >= 11 is 0. The van der Waals surface area contributed by atoms with E-state index in [0.29, 0.717) is 0 Å². The van der Waals surface area contributed by atoms with E-state index in [-0.39, 0.29) is 18.1 Å². The van der Waals surface area contributed by atoms with Crippen LogP contribution < -0.4 is 15.4 Å². The van der Waals surface area contributed by atoms with E-state index < -0.39 is 5.54 Å². The fourth-order valence-electron chi connectivity index (χ4n) is 3.53. The molecule has 24 heavy (non-hydrogen) atoms. The van der Waals surface area contributed by atoms with Crippen molar-refractivity contribution in [1.82, 2.24) is 5.32 Å². The number of rotatable bonds is 4. The maximum absolute atomic E-state index is 12.5. The maximum atomic E-state index is 12.5. The summed E-state index contributed by atoms with van der Waals surface area (Å²) in [6.07, 6.45) is 6.43. The lowest BCUT2D eigenvalue weighted by Crippen LogP contribution is -2.54. The summed E-state index contributed by atoms with van der Waals surface area (Å²) in [6, 6.07) is 7.42. The van der Waals surface area contributed by atoms with E-state index in [2.05, 4.69) is 10.6 Å². The predicted octanol–water partition coefficient (Wildman–Crippen LogP) is 2.84. The number of nitrogens with one attached hydrogen (secondary N) is 2. The second-order valence-corrected chi connectivity index (χ2v) is 7.20. The van der Waals surface area contributed by atoms with Crippen LogP contribution in [0, 0.1) is 0 Å². The van der Waals surface area contributed by atoms with E-state index in [0.717, 1.165) is 62.9 Å². The van der Waals surface area contributed by atoms with Crippen molar-refractivity contribution >= 4 is 11.6 Å². The highest BCUT2D eigenvalue weighted by atomic mass is 16.5. The van der Waals surface area contributed by atoms with Crippen molar-refractivity contribution in [2.45, 2.75) is 69.6 Å². The quantitative estimate of drug-likeness (QED) is 0.793. The third-order valence-corrected chi connectivity index (χ3v) is 5.19. The van der Waals surface area contributed by atoms with E-state index in [9.17, 15) is 9.90 Å². The Labute approximate surface area is 143 Å². The fourth-order valence-corrected chi connectivity index (χ4v) is 3.53. The van der Waals surface area contributed by atoms with Crippen LogP contribution in [0.2, 0.25) is 0 Å². The minimum absolute atomic E-state index is 0.0126. The molecule has 3 atom stereocenters. The molecular weight excluding hydrogens is 304 g/mol. The average molecular weight is 332 g/mol. The Bertz CT molecular complexity index is 552. The van der Waals surface area contributed by atoms with Gasteiger partial charge < -0.3 is 20.5 Å². The molecule has 1 saturated carbocycles. The zero-order chi connectivity index (χ0) is 17.0. The predicted molar refractivity (Wildman–Crippen MR) is 94.2 cm³/mol. The SMILES string of the molecule is CC1(C(=O)Nc2ccc(OC3CCCCC3O)cc2)CCCCN1. The molecule has 3 N–H and O–H groups in total. The van der Waals surface area contributed by atoms with Gasteiger partial charge in [-0.3, -0.25) is 4.79 Å². The number of amides is 1. The lowest BCUT2D eigenvalue weighted by Gasteiger charge is -2.33. The van der Waals surface area contributed by atoms with Gasteiger partial charge in [0, 0.05) is 5.69 Å². The molecule has 2 aliphatic rings. The zero-order valence-corrected chi connectivity index (χ0v) is 14.4. The minimum atomic E-state index is -0.486. The molecule has 1 aromatic carbocycles. The molecule has 1 aromatic rings. The number of hydrogen-bond acceptors (Lipinski definition) is 4. The summed E-state index contributed by atoms with van der Waals surface area (Å²) in [5.74, 6) is 0.750. The van der Waals surface area contributed by atoms with Gasteiger partial charge in [0.1, 0.15) is 11.9 Å². The van der Waals surface area contributed by atoms with Crippen molar-refractivity contribution in [3.8, 4) is 5.75 Å². The van der Waals surface area contributed by atoms with Gasteiger partial charge in [-0.2, -0.15) is 0 Å². The van der Waals surface area contributed by atoms with Gasteiger partial charge in [0.25, 0.3) is 0 Å². The van der Waals surface area contributed by atoms with Crippen LogP contribution in [-0.2, 0) is 4.79 Å². The zero-order valence-electron chi connectivity index (χ0n) is 14.4. The Morgan fingerprint density at radius 3 is 2.62 bits per heavy atom. The summed E-state index contributed by atoms with van der Waals surface area (Å²) in [5, 5.41) is 16.3. The Kier molecular flexibility index (Phi) is 5.41. The average Bonchev–Trinajstić information content (AvgIpc) is 2.59. The van der Waals surface area contributed by atoms with Gasteiger partial charge in [-0.25, -0.2) is 0 Å².